The van der Waals surface area contributed by atoms with Gasteiger partial charge < -0.3 is 19.8 Å². The number of hydrogen-bond acceptors (Lipinski definition) is 0. The third-order valence-corrected chi connectivity index (χ3v) is 1.11. The molecular formula is C13H21AlClTi. The molecule has 0 aliphatic rings. The molecule has 0 fully saturated rings. The summed E-state index contributed by atoms with van der Waals surface area (Å²) in [5.74, 6) is 0. The molecule has 0 saturated carbocycles. The summed E-state index contributed by atoms with van der Waals surface area (Å²) < 4.78 is 0. The molecule has 0 atom stereocenters. The van der Waals surface area contributed by atoms with Crippen LogP contribution in [0.1, 0.15) is 14.9 Å². The summed E-state index contributed by atoms with van der Waals surface area (Å²) in [6.07, 6.45) is 0. The van der Waals surface area contributed by atoms with Gasteiger partial charge in [-0.2, -0.15) is 36.4 Å². The fraction of sp³-hybridized carbons (Fsp3) is 0.154. The van der Waals surface area contributed by atoms with Gasteiger partial charge in [-0.1, -0.05) is 14.9 Å². The Morgan fingerprint density at radius 1 is 0.625 bits per heavy atom. The van der Waals surface area contributed by atoms with Crippen molar-refractivity contribution in [2.75, 3.05) is 0 Å². The van der Waals surface area contributed by atoms with Crippen LogP contribution in [0, 0.1) is 7.43 Å². The summed E-state index contributed by atoms with van der Waals surface area (Å²) in [5, 5.41) is 0. The average Bonchev–Trinajstić information content (AvgIpc) is 2.67. The predicted molar refractivity (Wildman–Crippen MR) is 69.7 cm³/mol. The first-order valence-corrected chi connectivity index (χ1v) is 3.33. The molecule has 0 spiro atoms. The van der Waals surface area contributed by atoms with Crippen molar-refractivity contribution >= 4 is 17.4 Å². The molecule has 2 aromatic carbocycles. The van der Waals surface area contributed by atoms with E-state index >= 15 is 0 Å². The van der Waals surface area contributed by atoms with Crippen LogP contribution in [0.25, 0.3) is 0 Å². The monoisotopic (exact) mass is 287 g/mol. The molecule has 0 aromatic heterocycles. The van der Waals surface area contributed by atoms with E-state index in [1.807, 2.05) is 60.7 Å². The molecule has 0 heterocycles. The first-order valence-electron chi connectivity index (χ1n) is 3.33. The summed E-state index contributed by atoms with van der Waals surface area (Å²) in [4.78, 5) is 0. The normalized spacial score (nSPS) is 5.00. The van der Waals surface area contributed by atoms with Crippen LogP contribution in [0.2, 0.25) is 0 Å². The molecule has 0 N–H and O–H groups in total. The zero-order valence-corrected chi connectivity index (χ0v) is 11.7. The summed E-state index contributed by atoms with van der Waals surface area (Å²) >= 11 is 0. The van der Waals surface area contributed by atoms with Crippen LogP contribution in [0.3, 0.4) is 0 Å². The second-order valence-corrected chi connectivity index (χ2v) is 1.92. The molecule has 2 aromatic rings. The van der Waals surface area contributed by atoms with Crippen LogP contribution in [-0.4, -0.2) is 17.4 Å². The van der Waals surface area contributed by atoms with Gasteiger partial charge in [0.15, 0.2) is 0 Å². The van der Waals surface area contributed by atoms with Gasteiger partial charge in [-0.25, -0.2) is 24.3 Å². The van der Waals surface area contributed by atoms with E-state index in [9.17, 15) is 0 Å². The van der Waals surface area contributed by atoms with Gasteiger partial charge in [-0.3, -0.25) is 0 Å². The van der Waals surface area contributed by atoms with Crippen LogP contribution in [0.15, 0.2) is 60.7 Å². The minimum absolute atomic E-state index is 0. The van der Waals surface area contributed by atoms with Crippen molar-refractivity contribution in [3.63, 3.8) is 0 Å². The Hall–Kier alpha value is 0.237. The average molecular weight is 288 g/mol. The van der Waals surface area contributed by atoms with Crippen molar-refractivity contribution < 1.29 is 34.1 Å². The molecule has 0 unspecified atom stereocenters. The Labute approximate surface area is 134 Å². The molecule has 0 nitrogen and oxygen atoms in total. The second kappa shape index (κ2) is 29.5. The maximum absolute atomic E-state index is 2.00. The van der Waals surface area contributed by atoms with Crippen molar-refractivity contribution in [3.8, 4) is 0 Å². The fourth-order valence-electron chi connectivity index (χ4n) is 0.642. The summed E-state index contributed by atoms with van der Waals surface area (Å²) in [7, 11) is 0. The van der Waals surface area contributed by atoms with Crippen molar-refractivity contribution in [1.82, 2.24) is 0 Å². The topological polar surface area (TPSA) is 0 Å². The quantitative estimate of drug-likeness (QED) is 0.504. The predicted octanol–water partition coefficient (Wildman–Crippen LogP) is 1.15. The maximum atomic E-state index is 2.00. The van der Waals surface area contributed by atoms with Crippen LogP contribution >= 0.6 is 0 Å². The molecule has 3 radical (unpaired) electrons. The number of halogens is 1. The minimum Gasteiger partial charge on any atom is -1.00 e. The van der Waals surface area contributed by atoms with Crippen molar-refractivity contribution in [2.24, 2.45) is 0 Å². The van der Waals surface area contributed by atoms with E-state index < -0.39 is 0 Å². The second-order valence-electron chi connectivity index (χ2n) is 1.92. The van der Waals surface area contributed by atoms with Crippen LogP contribution < -0.4 is 12.4 Å². The smallest absolute Gasteiger partial charge is 1.00 e. The Kier molecular flexibility index (Phi) is 66.3. The van der Waals surface area contributed by atoms with E-state index in [1.165, 1.54) is 0 Å². The Morgan fingerprint density at radius 2 is 0.812 bits per heavy atom. The van der Waals surface area contributed by atoms with Gasteiger partial charge in [-0.05, 0) is 0 Å². The molecule has 0 saturated heterocycles. The Morgan fingerprint density at radius 3 is 0.875 bits per heavy atom. The van der Waals surface area contributed by atoms with Gasteiger partial charge in [0.1, 0.15) is 0 Å². The summed E-state index contributed by atoms with van der Waals surface area (Å²) in [6, 6.07) is 20.0. The van der Waals surface area contributed by atoms with Crippen LogP contribution in [0.5, 0.6) is 0 Å². The van der Waals surface area contributed by atoms with Crippen LogP contribution in [0.4, 0.5) is 0 Å². The van der Waals surface area contributed by atoms with Crippen molar-refractivity contribution in [1.29, 1.82) is 0 Å². The third-order valence-electron chi connectivity index (χ3n) is 1.11. The van der Waals surface area contributed by atoms with E-state index in [2.05, 4.69) is 0 Å². The van der Waals surface area contributed by atoms with Gasteiger partial charge in [0.25, 0.3) is 0 Å². The summed E-state index contributed by atoms with van der Waals surface area (Å²) in [5.41, 5.74) is 0. The van der Waals surface area contributed by atoms with E-state index in [1.54, 1.807) is 0 Å². The van der Waals surface area contributed by atoms with Gasteiger partial charge in [0.2, 0.25) is 0 Å². The van der Waals surface area contributed by atoms with Gasteiger partial charge in [0, 0.05) is 17.4 Å². The number of hydrogen-bond donors (Lipinski definition) is 0. The van der Waals surface area contributed by atoms with Gasteiger partial charge >= 0.3 is 21.7 Å². The zero-order valence-electron chi connectivity index (χ0n) is 8.23. The van der Waals surface area contributed by atoms with Gasteiger partial charge in [0.05, 0.1) is 0 Å². The molecule has 16 heavy (non-hydrogen) atoms. The SMILES string of the molecule is C.C.[Al].[CH3-].[Cl-].[Ti+4].c1cc[cH-]c1.c1cc[cH-]c1. The molecule has 0 aliphatic carbocycles. The van der Waals surface area contributed by atoms with E-state index in [-0.39, 0.29) is 73.8 Å². The first kappa shape index (κ1) is 36.0. The Balaban J connectivity index is -0.0000000227. The largest absolute Gasteiger partial charge is 4.00 e. The Bertz CT molecular complexity index is 155. The summed E-state index contributed by atoms with van der Waals surface area (Å²) in [6.45, 7) is 0. The van der Waals surface area contributed by atoms with Crippen LogP contribution in [-0.2, 0) is 21.7 Å². The van der Waals surface area contributed by atoms with E-state index in [0.29, 0.717) is 0 Å². The number of rotatable bonds is 0. The van der Waals surface area contributed by atoms with Gasteiger partial charge in [-0.15, -0.1) is 0 Å². The minimum atomic E-state index is 0. The zero-order chi connectivity index (χ0) is 7.07. The molecule has 0 amide bonds. The molecule has 0 aliphatic heterocycles. The maximum Gasteiger partial charge on any atom is 4.00 e. The standard InChI is InChI=1S/2C5H5.2CH4.CH3.Al.ClH.Ti/c2*1-2-4-5-3-1;;;;;;/h2*1-5H;2*1H4;1H3;;1H;/q2*-1;;;-1;;;+4/p-1. The van der Waals surface area contributed by atoms with E-state index in [0.717, 1.165) is 0 Å². The molecule has 87 valence electrons. The molecule has 3 heteroatoms. The first-order chi connectivity index (χ1) is 5.00. The third kappa shape index (κ3) is 23.8. The molecular weight excluding hydrogens is 266 g/mol. The molecule has 2 rings (SSSR count). The van der Waals surface area contributed by atoms with Crippen molar-refractivity contribution in [3.05, 3.63) is 68.1 Å². The molecule has 0 bridgehead atoms. The van der Waals surface area contributed by atoms with E-state index in [4.69, 9.17) is 0 Å². The van der Waals surface area contributed by atoms with Crippen molar-refractivity contribution in [2.45, 2.75) is 14.9 Å². The fourth-order valence-corrected chi connectivity index (χ4v) is 0.642.